The predicted octanol–water partition coefficient (Wildman–Crippen LogP) is 2.90. The number of hydrogen-bond acceptors (Lipinski definition) is 1. The van der Waals surface area contributed by atoms with Gasteiger partial charge in [-0.15, -0.1) is 0 Å². The first-order valence-electron chi connectivity index (χ1n) is 3.74. The Morgan fingerprint density at radius 3 is 2.64 bits per heavy atom. The van der Waals surface area contributed by atoms with Crippen molar-refractivity contribution in [1.82, 2.24) is 0 Å². The van der Waals surface area contributed by atoms with E-state index >= 15 is 0 Å². The van der Waals surface area contributed by atoms with E-state index in [2.05, 4.69) is 53.0 Å². The molecule has 60 valence electrons. The normalized spacial score (nSPS) is 9.73. The van der Waals surface area contributed by atoms with Crippen LogP contribution in [-0.2, 0) is 6.42 Å². The number of rotatable bonds is 2. The molecule has 0 saturated heterocycles. The highest BCUT2D eigenvalue weighted by Crippen LogP contribution is 2.22. The second-order valence-electron chi connectivity index (χ2n) is 2.38. The third-order valence-corrected chi connectivity index (χ3v) is 2.63. The highest BCUT2D eigenvalue weighted by molar-refractivity contribution is 14.1. The van der Waals surface area contributed by atoms with Crippen molar-refractivity contribution in [1.29, 1.82) is 0 Å². The summed E-state index contributed by atoms with van der Waals surface area (Å²) in [6.45, 7) is 2.17. The van der Waals surface area contributed by atoms with E-state index in [4.69, 9.17) is 0 Å². The molecule has 0 unspecified atom stereocenters. The van der Waals surface area contributed by atoms with Crippen molar-refractivity contribution in [3.8, 4) is 0 Å². The summed E-state index contributed by atoms with van der Waals surface area (Å²) in [7, 11) is 1.97. The number of nitrogens with one attached hydrogen (secondary N) is 1. The molecule has 0 aromatic heterocycles. The fraction of sp³-hybridized carbons (Fsp3) is 0.333. The molecule has 0 spiro atoms. The van der Waals surface area contributed by atoms with Crippen molar-refractivity contribution in [3.63, 3.8) is 0 Å². The molecule has 0 amide bonds. The summed E-state index contributed by atoms with van der Waals surface area (Å²) < 4.78 is 1.30. The van der Waals surface area contributed by atoms with E-state index in [0.717, 1.165) is 6.42 Å². The molecule has 0 saturated carbocycles. The molecule has 1 N–H and O–H groups in total. The monoisotopic (exact) mass is 261 g/mol. The van der Waals surface area contributed by atoms with Crippen LogP contribution in [0, 0.1) is 3.57 Å². The molecule has 0 aliphatic carbocycles. The molecule has 1 nitrogen and oxygen atoms in total. The van der Waals surface area contributed by atoms with Crippen molar-refractivity contribution < 1.29 is 0 Å². The minimum Gasteiger partial charge on any atom is -0.387 e. The van der Waals surface area contributed by atoms with E-state index in [-0.39, 0.29) is 0 Å². The van der Waals surface area contributed by atoms with Crippen LogP contribution in [0.2, 0.25) is 0 Å². The molecule has 2 heteroatoms. The Hall–Kier alpha value is -0.250. The molecular weight excluding hydrogens is 249 g/mol. The Morgan fingerprint density at radius 1 is 1.45 bits per heavy atom. The first-order valence-corrected chi connectivity index (χ1v) is 4.82. The van der Waals surface area contributed by atoms with Gasteiger partial charge in [-0.05, 0) is 40.6 Å². The largest absolute Gasteiger partial charge is 0.387 e. The van der Waals surface area contributed by atoms with Gasteiger partial charge in [0.25, 0.3) is 0 Å². The first kappa shape index (κ1) is 8.84. The second-order valence-corrected chi connectivity index (χ2v) is 3.54. The van der Waals surface area contributed by atoms with Gasteiger partial charge >= 0.3 is 0 Å². The average molecular weight is 261 g/mol. The minimum absolute atomic E-state index is 1.09. The topological polar surface area (TPSA) is 12.0 Å². The maximum Gasteiger partial charge on any atom is 0.0505 e. The standard InChI is InChI=1S/C9H12IN/c1-3-7-5-4-6-8(10)9(7)11-2/h4-6,11H,3H2,1-2H3. The smallest absolute Gasteiger partial charge is 0.0505 e. The highest BCUT2D eigenvalue weighted by atomic mass is 127. The zero-order valence-corrected chi connectivity index (χ0v) is 8.97. The van der Waals surface area contributed by atoms with Gasteiger partial charge < -0.3 is 5.32 Å². The van der Waals surface area contributed by atoms with Crippen molar-refractivity contribution in [2.75, 3.05) is 12.4 Å². The zero-order chi connectivity index (χ0) is 8.27. The lowest BCUT2D eigenvalue weighted by atomic mass is 10.1. The van der Waals surface area contributed by atoms with E-state index in [0.29, 0.717) is 0 Å². The zero-order valence-electron chi connectivity index (χ0n) is 6.82. The number of halogens is 1. The number of benzene rings is 1. The predicted molar refractivity (Wildman–Crippen MR) is 58.1 cm³/mol. The van der Waals surface area contributed by atoms with Gasteiger partial charge in [0, 0.05) is 10.6 Å². The molecule has 1 aromatic rings. The number of para-hydroxylation sites is 1. The molecule has 0 atom stereocenters. The summed E-state index contributed by atoms with van der Waals surface area (Å²) in [4.78, 5) is 0. The van der Waals surface area contributed by atoms with Crippen molar-refractivity contribution in [3.05, 3.63) is 27.3 Å². The van der Waals surface area contributed by atoms with Gasteiger partial charge in [0.2, 0.25) is 0 Å². The van der Waals surface area contributed by atoms with Crippen LogP contribution in [0.1, 0.15) is 12.5 Å². The lowest BCUT2D eigenvalue weighted by molar-refractivity contribution is 1.13. The van der Waals surface area contributed by atoms with Gasteiger partial charge in [-0.25, -0.2) is 0 Å². The first-order chi connectivity index (χ1) is 5.29. The fourth-order valence-corrected chi connectivity index (χ4v) is 1.97. The molecule has 0 fully saturated rings. The maximum atomic E-state index is 3.21. The summed E-state index contributed by atoms with van der Waals surface area (Å²) in [6.07, 6.45) is 1.09. The third kappa shape index (κ3) is 1.86. The van der Waals surface area contributed by atoms with Gasteiger partial charge in [0.05, 0.1) is 5.69 Å². The Labute approximate surface area is 81.3 Å². The molecule has 1 aromatic carbocycles. The molecule has 0 heterocycles. The van der Waals surface area contributed by atoms with E-state index in [9.17, 15) is 0 Å². The van der Waals surface area contributed by atoms with Crippen LogP contribution in [0.15, 0.2) is 18.2 Å². The molecule has 0 radical (unpaired) electrons. The van der Waals surface area contributed by atoms with Gasteiger partial charge in [-0.3, -0.25) is 0 Å². The van der Waals surface area contributed by atoms with Crippen LogP contribution in [-0.4, -0.2) is 7.05 Å². The van der Waals surface area contributed by atoms with Crippen LogP contribution in [0.3, 0.4) is 0 Å². The summed E-state index contributed by atoms with van der Waals surface area (Å²) in [5, 5.41) is 3.21. The second kappa shape index (κ2) is 3.95. The number of aryl methyl sites for hydroxylation is 1. The number of anilines is 1. The van der Waals surface area contributed by atoms with Gasteiger partial charge in [-0.2, -0.15) is 0 Å². The third-order valence-electron chi connectivity index (χ3n) is 1.73. The molecule has 0 aliphatic heterocycles. The summed E-state index contributed by atoms with van der Waals surface area (Å²) in [5.74, 6) is 0. The van der Waals surface area contributed by atoms with E-state index < -0.39 is 0 Å². The molecule has 0 aliphatic rings. The van der Waals surface area contributed by atoms with E-state index in [1.54, 1.807) is 0 Å². The molecule has 1 rings (SSSR count). The van der Waals surface area contributed by atoms with Crippen molar-refractivity contribution in [2.24, 2.45) is 0 Å². The van der Waals surface area contributed by atoms with Crippen LogP contribution >= 0.6 is 22.6 Å². The van der Waals surface area contributed by atoms with Crippen molar-refractivity contribution in [2.45, 2.75) is 13.3 Å². The van der Waals surface area contributed by atoms with Gasteiger partial charge in [0.1, 0.15) is 0 Å². The minimum atomic E-state index is 1.09. The Balaban J connectivity index is 3.13. The fourth-order valence-electron chi connectivity index (χ4n) is 1.14. The van der Waals surface area contributed by atoms with Gasteiger partial charge in [0.15, 0.2) is 0 Å². The average Bonchev–Trinajstić information content (AvgIpc) is 2.04. The maximum absolute atomic E-state index is 3.21. The Kier molecular flexibility index (Phi) is 3.17. The van der Waals surface area contributed by atoms with Crippen LogP contribution < -0.4 is 5.32 Å². The van der Waals surface area contributed by atoms with Crippen molar-refractivity contribution >= 4 is 28.3 Å². The van der Waals surface area contributed by atoms with Crippen LogP contribution in [0.4, 0.5) is 5.69 Å². The highest BCUT2D eigenvalue weighted by Gasteiger charge is 2.00. The summed E-state index contributed by atoms with van der Waals surface area (Å²) in [5.41, 5.74) is 2.66. The van der Waals surface area contributed by atoms with Crippen LogP contribution in [0.25, 0.3) is 0 Å². The number of hydrogen-bond donors (Lipinski definition) is 1. The van der Waals surface area contributed by atoms with Gasteiger partial charge in [-0.1, -0.05) is 19.1 Å². The SMILES string of the molecule is CCc1cccc(I)c1NC. The molecular formula is C9H12IN. The summed E-state index contributed by atoms with van der Waals surface area (Å²) >= 11 is 2.35. The van der Waals surface area contributed by atoms with E-state index in [1.807, 2.05) is 7.05 Å². The quantitative estimate of drug-likeness (QED) is 0.807. The lowest BCUT2D eigenvalue weighted by Gasteiger charge is -2.08. The molecule has 0 bridgehead atoms. The van der Waals surface area contributed by atoms with E-state index in [1.165, 1.54) is 14.8 Å². The Bertz CT molecular complexity index is 245. The lowest BCUT2D eigenvalue weighted by Crippen LogP contribution is -1.96. The molecule has 11 heavy (non-hydrogen) atoms. The Morgan fingerprint density at radius 2 is 2.18 bits per heavy atom. The van der Waals surface area contributed by atoms with Crippen LogP contribution in [0.5, 0.6) is 0 Å². The summed E-state index contributed by atoms with van der Waals surface area (Å²) in [6, 6.07) is 6.38.